The van der Waals surface area contributed by atoms with E-state index in [0.717, 1.165) is 37.0 Å². The van der Waals surface area contributed by atoms with Gasteiger partial charge in [0.1, 0.15) is 12.1 Å². The van der Waals surface area contributed by atoms with Gasteiger partial charge in [-0.25, -0.2) is 13.2 Å². The predicted octanol–water partition coefficient (Wildman–Crippen LogP) is 2.49. The average molecular weight is 719 g/mol. The van der Waals surface area contributed by atoms with Gasteiger partial charge in [-0.15, -0.1) is 11.3 Å². The molecular formula is C34H50N6O7S2. The van der Waals surface area contributed by atoms with Crippen LogP contribution in [0.25, 0.3) is 0 Å². The summed E-state index contributed by atoms with van der Waals surface area (Å²) in [5, 5.41) is 10.6. The number of amides is 5. The number of likely N-dealkylation sites (tertiary alicyclic amines) is 1. The van der Waals surface area contributed by atoms with Crippen LogP contribution in [0.5, 0.6) is 0 Å². The van der Waals surface area contributed by atoms with Crippen molar-refractivity contribution < 1.29 is 32.4 Å². The van der Waals surface area contributed by atoms with Crippen molar-refractivity contribution in [1.29, 1.82) is 0 Å². The number of nitrogens with two attached hydrogens (primary N) is 1. The zero-order valence-corrected chi connectivity index (χ0v) is 30.7. The van der Waals surface area contributed by atoms with Crippen LogP contribution in [0.4, 0.5) is 4.79 Å². The summed E-state index contributed by atoms with van der Waals surface area (Å²) in [7, 11) is -3.67. The van der Waals surface area contributed by atoms with Crippen LogP contribution in [-0.2, 0) is 35.7 Å². The number of hydrogen-bond acceptors (Lipinski definition) is 8. The highest BCUT2D eigenvalue weighted by Crippen LogP contribution is 2.65. The van der Waals surface area contributed by atoms with Gasteiger partial charge < -0.3 is 26.6 Å². The van der Waals surface area contributed by atoms with Gasteiger partial charge in [0.05, 0.1) is 16.5 Å². The molecule has 0 bridgehead atoms. The topological polar surface area (TPSA) is 188 Å². The van der Waals surface area contributed by atoms with Crippen molar-refractivity contribution in [3.05, 3.63) is 16.3 Å². The Kier molecular flexibility index (Phi) is 9.22. The average Bonchev–Trinajstić information content (AvgIpc) is 3.69. The van der Waals surface area contributed by atoms with E-state index >= 15 is 0 Å². The number of carbonyl (C=O) groups is 5. The molecule has 0 aromatic carbocycles. The molecule has 5 aliphatic rings. The Morgan fingerprint density at radius 2 is 1.73 bits per heavy atom. The van der Waals surface area contributed by atoms with Gasteiger partial charge in [-0.2, -0.15) is 4.31 Å². The number of nitrogens with zero attached hydrogens (tertiary/aromatic N) is 2. The number of fused-ring (bicyclic) bond motifs is 2. The third-order valence-corrected chi connectivity index (χ3v) is 14.5. The van der Waals surface area contributed by atoms with Crippen LogP contribution in [0.2, 0.25) is 0 Å². The number of thiophene rings is 1. The first kappa shape index (κ1) is 35.8. The first-order chi connectivity index (χ1) is 22.9. The molecule has 0 spiro atoms. The summed E-state index contributed by atoms with van der Waals surface area (Å²) in [5.74, 6) is -2.70. The van der Waals surface area contributed by atoms with E-state index in [-0.39, 0.29) is 36.3 Å². The highest BCUT2D eigenvalue weighted by Gasteiger charge is 2.70. The Morgan fingerprint density at radius 1 is 1.06 bits per heavy atom. The van der Waals surface area contributed by atoms with Gasteiger partial charge in [0, 0.05) is 24.5 Å². The van der Waals surface area contributed by atoms with Gasteiger partial charge >= 0.3 is 6.03 Å². The number of carbonyl (C=O) groups excluding carboxylic acids is 5. The third-order valence-electron chi connectivity index (χ3n) is 11.6. The van der Waals surface area contributed by atoms with E-state index in [0.29, 0.717) is 30.7 Å². The second-order valence-electron chi connectivity index (χ2n) is 16.6. The molecule has 3 aliphatic carbocycles. The minimum atomic E-state index is -3.67. The fraction of sp³-hybridized carbons (Fsp3) is 0.735. The number of primary amides is 1. The standard InChI is InChI=1S/C34H50N6O7S2/c1-32(2,3)27(37-31(45)38-34(12-7-6-8-13-34)18-39-17-22-23(11-14-48-22)49(39,46)47)30(44)40-16-20-24(33(20,4)5)25(40)29(43)36-21(15-19-9-10-19)26(41)28(35)42/h11,14,19-21,24-25,27H,6-10,12-13,15-18H2,1-5H3,(H2,35,42)(H,36,43)(H2,37,38,45)/t20-,21?,24-,25?,27+/m0/s1. The fourth-order valence-corrected chi connectivity index (χ4v) is 11.5. The largest absolute Gasteiger partial charge is 0.363 e. The molecule has 1 aromatic rings. The molecule has 2 unspecified atom stereocenters. The number of hydrogen-bond donors (Lipinski definition) is 4. The number of rotatable bonds is 11. The number of Topliss-reactive ketones (excluding diaryl/α,β-unsaturated/α-hetero) is 1. The molecular weight excluding hydrogens is 669 g/mol. The highest BCUT2D eigenvalue weighted by molar-refractivity contribution is 7.89. The lowest BCUT2D eigenvalue weighted by molar-refractivity contribution is -0.145. The van der Waals surface area contributed by atoms with E-state index in [1.165, 1.54) is 20.5 Å². The van der Waals surface area contributed by atoms with Crippen molar-refractivity contribution in [2.24, 2.45) is 34.3 Å². The van der Waals surface area contributed by atoms with E-state index in [2.05, 4.69) is 29.8 Å². The summed E-state index contributed by atoms with van der Waals surface area (Å²) in [5.41, 5.74) is 3.56. The first-order valence-electron chi connectivity index (χ1n) is 17.5. The number of sulfonamides is 1. The smallest absolute Gasteiger partial charge is 0.315 e. The van der Waals surface area contributed by atoms with Crippen LogP contribution in [0.3, 0.4) is 0 Å². The first-order valence-corrected chi connectivity index (χ1v) is 19.8. The minimum absolute atomic E-state index is 0.0616. The van der Waals surface area contributed by atoms with Gasteiger partial charge in [-0.1, -0.05) is 66.7 Å². The third kappa shape index (κ3) is 6.86. The fourth-order valence-electron chi connectivity index (χ4n) is 8.47. The number of nitrogens with one attached hydrogen (secondary N) is 3. The van der Waals surface area contributed by atoms with E-state index < -0.39 is 68.6 Å². The maximum absolute atomic E-state index is 14.4. The molecule has 270 valence electrons. The molecule has 49 heavy (non-hydrogen) atoms. The number of urea groups is 1. The molecule has 6 rings (SSSR count). The van der Waals surface area contributed by atoms with Crippen LogP contribution in [0, 0.1) is 28.6 Å². The summed E-state index contributed by atoms with van der Waals surface area (Å²) < 4.78 is 28.1. The quantitative estimate of drug-likeness (QED) is 0.253. The molecule has 0 radical (unpaired) electrons. The zero-order valence-electron chi connectivity index (χ0n) is 29.0. The molecule has 1 saturated heterocycles. The highest BCUT2D eigenvalue weighted by atomic mass is 32.2. The second kappa shape index (κ2) is 12.6. The summed E-state index contributed by atoms with van der Waals surface area (Å²) >= 11 is 1.41. The van der Waals surface area contributed by atoms with Crippen molar-refractivity contribution >= 4 is 50.9 Å². The summed E-state index contributed by atoms with van der Waals surface area (Å²) in [6.45, 7) is 10.4. The summed E-state index contributed by atoms with van der Waals surface area (Å²) in [6, 6.07) is -1.88. The molecule has 5 atom stereocenters. The van der Waals surface area contributed by atoms with Gasteiger partial charge in [0.15, 0.2) is 0 Å². The lowest BCUT2D eigenvalue weighted by Gasteiger charge is -2.42. The van der Waals surface area contributed by atoms with Crippen LogP contribution in [0.15, 0.2) is 16.3 Å². The summed E-state index contributed by atoms with van der Waals surface area (Å²) in [6.07, 6.45) is 6.01. The lowest BCUT2D eigenvalue weighted by Crippen LogP contribution is -2.64. The second-order valence-corrected chi connectivity index (χ2v) is 19.5. The number of piperidine rings is 1. The van der Waals surface area contributed by atoms with E-state index in [9.17, 15) is 32.4 Å². The molecule has 5 amide bonds. The molecule has 2 aliphatic heterocycles. The van der Waals surface area contributed by atoms with Crippen LogP contribution in [-0.4, -0.2) is 83.9 Å². The SMILES string of the molecule is CC(C)(C)[C@H](NC(=O)NC1(CN2Cc3sccc3S2(=O)=O)CCCCC1)C(=O)N1C[C@H]2[C@@H](C1C(=O)NC(CC1CC1)C(=O)C(N)=O)C2(C)C. The molecule has 13 nitrogen and oxygen atoms in total. The molecule has 5 N–H and O–H groups in total. The zero-order chi connectivity index (χ0) is 35.7. The Labute approximate surface area is 292 Å². The predicted molar refractivity (Wildman–Crippen MR) is 182 cm³/mol. The Bertz CT molecular complexity index is 1640. The van der Waals surface area contributed by atoms with E-state index in [1.54, 1.807) is 11.4 Å². The van der Waals surface area contributed by atoms with Crippen LogP contribution in [0.1, 0.15) is 90.9 Å². The normalized spacial score (nSPS) is 27.7. The van der Waals surface area contributed by atoms with Crippen LogP contribution < -0.4 is 21.7 Å². The van der Waals surface area contributed by atoms with Crippen molar-refractivity contribution in [2.75, 3.05) is 13.1 Å². The molecule has 3 heterocycles. The monoisotopic (exact) mass is 718 g/mol. The Balaban J connectivity index is 1.19. The van der Waals surface area contributed by atoms with Crippen molar-refractivity contribution in [2.45, 2.75) is 121 Å². The van der Waals surface area contributed by atoms with E-state index in [1.807, 2.05) is 20.8 Å². The number of ketones is 1. The maximum Gasteiger partial charge on any atom is 0.315 e. The minimum Gasteiger partial charge on any atom is -0.363 e. The van der Waals surface area contributed by atoms with E-state index in [4.69, 9.17) is 5.73 Å². The molecule has 15 heteroatoms. The molecule has 1 aromatic heterocycles. The van der Waals surface area contributed by atoms with Gasteiger partial charge in [-0.05, 0) is 59.3 Å². The van der Waals surface area contributed by atoms with Gasteiger partial charge in [0.2, 0.25) is 27.6 Å². The summed E-state index contributed by atoms with van der Waals surface area (Å²) in [4.78, 5) is 69.4. The van der Waals surface area contributed by atoms with Crippen molar-refractivity contribution in [1.82, 2.24) is 25.2 Å². The maximum atomic E-state index is 14.4. The van der Waals surface area contributed by atoms with Gasteiger partial charge in [0.25, 0.3) is 5.91 Å². The Morgan fingerprint density at radius 3 is 2.33 bits per heavy atom. The Hall–Kier alpha value is -3.04. The van der Waals surface area contributed by atoms with Crippen molar-refractivity contribution in [3.63, 3.8) is 0 Å². The molecule has 3 saturated carbocycles. The lowest BCUT2D eigenvalue weighted by atomic mass is 9.81. The molecule has 4 fully saturated rings. The van der Waals surface area contributed by atoms with Crippen LogP contribution >= 0.6 is 11.3 Å². The van der Waals surface area contributed by atoms with Gasteiger partial charge in [-0.3, -0.25) is 19.2 Å². The van der Waals surface area contributed by atoms with Crippen molar-refractivity contribution in [3.8, 4) is 0 Å².